The summed E-state index contributed by atoms with van der Waals surface area (Å²) in [6, 6.07) is 5.93. The molecule has 3 rings (SSSR count). The third kappa shape index (κ3) is 5.21. The van der Waals surface area contributed by atoms with Crippen molar-refractivity contribution in [1.82, 2.24) is 9.97 Å². The van der Waals surface area contributed by atoms with E-state index < -0.39 is 5.97 Å². The standard InChI is InChI=1S/C19H19N3O3S2/c1-11-4-5-12(2)15(6-11)22-17(23)7-18-21-14(10-26-18)9-25-19(24)16-8-20-13(3)27-16/h4-6,8,10H,7,9H2,1-3H3,(H,22,23). The molecule has 0 atom stereocenters. The van der Waals surface area contributed by atoms with Gasteiger partial charge in [0.1, 0.15) is 16.5 Å². The first-order valence-electron chi connectivity index (χ1n) is 8.30. The Kier molecular flexibility index (Phi) is 5.98. The highest BCUT2D eigenvalue weighted by molar-refractivity contribution is 7.13. The lowest BCUT2D eigenvalue weighted by molar-refractivity contribution is -0.115. The van der Waals surface area contributed by atoms with Crippen LogP contribution in [0.1, 0.15) is 36.5 Å². The van der Waals surface area contributed by atoms with Crippen LogP contribution >= 0.6 is 22.7 Å². The summed E-state index contributed by atoms with van der Waals surface area (Å²) in [6.45, 7) is 5.84. The van der Waals surface area contributed by atoms with Gasteiger partial charge in [-0.2, -0.15) is 0 Å². The molecule has 8 heteroatoms. The molecule has 0 unspecified atom stereocenters. The van der Waals surface area contributed by atoms with Crippen LogP contribution in [0.15, 0.2) is 29.8 Å². The molecule has 140 valence electrons. The van der Waals surface area contributed by atoms with Gasteiger partial charge in [0.25, 0.3) is 0 Å². The van der Waals surface area contributed by atoms with Crippen LogP contribution in [0.2, 0.25) is 0 Å². The van der Waals surface area contributed by atoms with Gasteiger partial charge >= 0.3 is 5.97 Å². The van der Waals surface area contributed by atoms with Crippen molar-refractivity contribution < 1.29 is 14.3 Å². The summed E-state index contributed by atoms with van der Waals surface area (Å²) in [5, 5.41) is 6.21. The summed E-state index contributed by atoms with van der Waals surface area (Å²) in [7, 11) is 0. The van der Waals surface area contributed by atoms with E-state index in [2.05, 4.69) is 15.3 Å². The van der Waals surface area contributed by atoms with Gasteiger partial charge in [0.15, 0.2) is 0 Å². The van der Waals surface area contributed by atoms with Gasteiger partial charge in [-0.1, -0.05) is 12.1 Å². The van der Waals surface area contributed by atoms with E-state index in [0.29, 0.717) is 15.6 Å². The molecule has 6 nitrogen and oxygen atoms in total. The van der Waals surface area contributed by atoms with Gasteiger partial charge < -0.3 is 10.1 Å². The highest BCUT2D eigenvalue weighted by Crippen LogP contribution is 2.18. The number of carbonyl (C=O) groups is 2. The number of rotatable bonds is 6. The maximum atomic E-state index is 12.3. The van der Waals surface area contributed by atoms with E-state index in [1.54, 1.807) is 5.38 Å². The number of ether oxygens (including phenoxy) is 1. The minimum Gasteiger partial charge on any atom is -0.455 e. The Bertz CT molecular complexity index is 978. The zero-order chi connectivity index (χ0) is 19.4. The fourth-order valence-electron chi connectivity index (χ4n) is 2.37. The monoisotopic (exact) mass is 401 g/mol. The molecule has 1 amide bonds. The Hall–Kier alpha value is -2.58. The quantitative estimate of drug-likeness (QED) is 0.630. The largest absolute Gasteiger partial charge is 0.455 e. The molecule has 2 aromatic heterocycles. The maximum Gasteiger partial charge on any atom is 0.350 e. The minimum atomic E-state index is -0.414. The molecule has 0 aliphatic carbocycles. The van der Waals surface area contributed by atoms with Crippen molar-refractivity contribution in [3.63, 3.8) is 0 Å². The smallest absolute Gasteiger partial charge is 0.350 e. The molecule has 27 heavy (non-hydrogen) atoms. The van der Waals surface area contributed by atoms with Crippen LogP contribution in [0.3, 0.4) is 0 Å². The Morgan fingerprint density at radius 1 is 1.22 bits per heavy atom. The molecule has 0 radical (unpaired) electrons. The van der Waals surface area contributed by atoms with Crippen molar-refractivity contribution >= 4 is 40.2 Å². The lowest BCUT2D eigenvalue weighted by Gasteiger charge is -2.08. The van der Waals surface area contributed by atoms with Crippen LogP contribution in [-0.4, -0.2) is 21.8 Å². The summed E-state index contributed by atoms with van der Waals surface area (Å²) in [5.74, 6) is -0.537. The third-order valence-electron chi connectivity index (χ3n) is 3.75. The molecular formula is C19H19N3O3S2. The molecule has 0 aliphatic heterocycles. The number of hydrogen-bond acceptors (Lipinski definition) is 7. The first-order chi connectivity index (χ1) is 12.9. The number of benzene rings is 1. The molecule has 2 heterocycles. The van der Waals surface area contributed by atoms with Gasteiger partial charge in [0, 0.05) is 11.1 Å². The topological polar surface area (TPSA) is 81.2 Å². The summed E-state index contributed by atoms with van der Waals surface area (Å²) in [4.78, 5) is 33.1. The van der Waals surface area contributed by atoms with Crippen molar-refractivity contribution in [2.24, 2.45) is 0 Å². The summed E-state index contributed by atoms with van der Waals surface area (Å²) >= 11 is 2.67. The first-order valence-corrected chi connectivity index (χ1v) is 10.0. The molecule has 3 aromatic rings. The number of amides is 1. The molecule has 0 spiro atoms. The fraction of sp³-hybridized carbons (Fsp3) is 0.263. The predicted molar refractivity (Wildman–Crippen MR) is 106 cm³/mol. The molecule has 1 N–H and O–H groups in total. The molecule has 0 aliphatic rings. The molecule has 0 bridgehead atoms. The number of nitrogens with one attached hydrogen (secondary N) is 1. The Balaban J connectivity index is 1.53. The fourth-order valence-corrected chi connectivity index (χ4v) is 3.81. The number of esters is 1. The van der Waals surface area contributed by atoms with Gasteiger partial charge in [0.2, 0.25) is 5.91 Å². The van der Waals surface area contributed by atoms with Crippen molar-refractivity contribution in [2.45, 2.75) is 33.8 Å². The number of thiazole rings is 2. The number of anilines is 1. The van der Waals surface area contributed by atoms with Gasteiger partial charge in [-0.05, 0) is 38.0 Å². The van der Waals surface area contributed by atoms with Crippen molar-refractivity contribution in [1.29, 1.82) is 0 Å². The van der Waals surface area contributed by atoms with Crippen molar-refractivity contribution in [2.75, 3.05) is 5.32 Å². The van der Waals surface area contributed by atoms with Gasteiger partial charge in [-0.25, -0.2) is 14.8 Å². The highest BCUT2D eigenvalue weighted by atomic mass is 32.1. The third-order valence-corrected chi connectivity index (χ3v) is 5.54. The molecule has 0 fully saturated rings. The Morgan fingerprint density at radius 2 is 2.04 bits per heavy atom. The van der Waals surface area contributed by atoms with Crippen LogP contribution in [0, 0.1) is 20.8 Å². The maximum absolute atomic E-state index is 12.3. The van der Waals surface area contributed by atoms with Gasteiger partial charge in [0.05, 0.1) is 23.3 Å². The molecule has 0 saturated carbocycles. The van der Waals surface area contributed by atoms with E-state index in [9.17, 15) is 9.59 Å². The summed E-state index contributed by atoms with van der Waals surface area (Å²) in [5.41, 5.74) is 3.54. The second-order valence-electron chi connectivity index (χ2n) is 6.10. The summed E-state index contributed by atoms with van der Waals surface area (Å²) in [6.07, 6.45) is 1.69. The zero-order valence-electron chi connectivity index (χ0n) is 15.2. The normalized spacial score (nSPS) is 10.6. The number of aromatic nitrogens is 2. The first kappa shape index (κ1) is 19.2. The number of nitrogens with zero attached hydrogens (tertiary/aromatic N) is 2. The van der Waals surface area contributed by atoms with E-state index in [1.165, 1.54) is 28.9 Å². The summed E-state index contributed by atoms with van der Waals surface area (Å²) < 4.78 is 5.25. The molecular weight excluding hydrogens is 382 g/mol. The second-order valence-corrected chi connectivity index (χ2v) is 8.27. The van der Waals surface area contributed by atoms with Gasteiger partial charge in [-0.3, -0.25) is 4.79 Å². The van der Waals surface area contributed by atoms with Crippen LogP contribution in [-0.2, 0) is 22.6 Å². The Labute approximate surface area is 165 Å². The Morgan fingerprint density at radius 3 is 2.78 bits per heavy atom. The lowest BCUT2D eigenvalue weighted by atomic mass is 10.1. The second kappa shape index (κ2) is 8.41. The average Bonchev–Trinajstić information content (AvgIpc) is 3.25. The van der Waals surface area contributed by atoms with Crippen LogP contribution in [0.5, 0.6) is 0 Å². The van der Waals surface area contributed by atoms with Crippen LogP contribution in [0.4, 0.5) is 5.69 Å². The van der Waals surface area contributed by atoms with Gasteiger partial charge in [-0.15, -0.1) is 22.7 Å². The van der Waals surface area contributed by atoms with Crippen LogP contribution < -0.4 is 5.32 Å². The lowest BCUT2D eigenvalue weighted by Crippen LogP contribution is -2.15. The van der Waals surface area contributed by atoms with E-state index in [0.717, 1.165) is 21.8 Å². The zero-order valence-corrected chi connectivity index (χ0v) is 16.9. The van der Waals surface area contributed by atoms with E-state index in [-0.39, 0.29) is 18.9 Å². The van der Waals surface area contributed by atoms with Crippen LogP contribution in [0.25, 0.3) is 0 Å². The SMILES string of the molecule is Cc1ccc(C)c(NC(=O)Cc2nc(COC(=O)c3cnc(C)s3)cs2)c1. The highest BCUT2D eigenvalue weighted by Gasteiger charge is 2.13. The minimum absolute atomic E-state index is 0.0743. The number of aryl methyl sites for hydroxylation is 3. The predicted octanol–water partition coefficient (Wildman–Crippen LogP) is 4.06. The van der Waals surface area contributed by atoms with Crippen molar-refractivity contribution in [3.05, 3.63) is 61.5 Å². The molecule has 1 aromatic carbocycles. The van der Waals surface area contributed by atoms with E-state index in [1.807, 2.05) is 39.0 Å². The number of carbonyl (C=O) groups excluding carboxylic acids is 2. The van der Waals surface area contributed by atoms with E-state index in [4.69, 9.17) is 4.74 Å². The van der Waals surface area contributed by atoms with E-state index >= 15 is 0 Å². The molecule has 0 saturated heterocycles. The average molecular weight is 402 g/mol. The number of hydrogen-bond donors (Lipinski definition) is 1. The van der Waals surface area contributed by atoms with Crippen molar-refractivity contribution in [3.8, 4) is 0 Å².